The third-order valence-corrected chi connectivity index (χ3v) is 6.47. The largest absolute Gasteiger partial charge is 0.423 e. The van der Waals surface area contributed by atoms with Crippen molar-refractivity contribution in [1.82, 2.24) is 25.1 Å². The maximum absolute atomic E-state index is 13.2. The van der Waals surface area contributed by atoms with E-state index in [1.54, 1.807) is 5.10 Å². The minimum Gasteiger partial charge on any atom is -0.389 e. The Morgan fingerprint density at radius 3 is 2.41 bits per heavy atom. The molecule has 11 nitrogen and oxygen atoms in total. The number of aliphatic hydroxyl groups is 1. The lowest BCUT2D eigenvalue weighted by molar-refractivity contribution is -0.141. The monoisotopic (exact) mass is 565 g/mol. The van der Waals surface area contributed by atoms with Gasteiger partial charge in [0.2, 0.25) is 5.95 Å². The van der Waals surface area contributed by atoms with Crippen LogP contribution in [-0.4, -0.2) is 86.6 Å². The number of nitrogens with one attached hydrogen (secondary N) is 2. The van der Waals surface area contributed by atoms with E-state index in [9.17, 15) is 41.0 Å². The van der Waals surface area contributed by atoms with E-state index in [4.69, 9.17) is 4.74 Å². The number of H-pyrrole nitrogens is 1. The Labute approximate surface area is 217 Å². The van der Waals surface area contributed by atoms with Crippen LogP contribution in [0.15, 0.2) is 23.4 Å². The molecule has 0 aromatic carbocycles. The Morgan fingerprint density at radius 1 is 1.10 bits per heavy atom. The Kier molecular flexibility index (Phi) is 8.02. The average Bonchev–Trinajstić information content (AvgIpc) is 3.21. The molecule has 39 heavy (non-hydrogen) atoms. The van der Waals surface area contributed by atoms with E-state index < -0.39 is 59.0 Å². The van der Waals surface area contributed by atoms with Gasteiger partial charge in [0.15, 0.2) is 0 Å². The molecule has 0 aliphatic carbocycles. The first kappa shape index (κ1) is 28.5. The summed E-state index contributed by atoms with van der Waals surface area (Å²) in [7, 11) is 0. The van der Waals surface area contributed by atoms with Crippen LogP contribution < -0.4 is 15.8 Å². The molecule has 0 spiro atoms. The number of rotatable bonds is 7. The van der Waals surface area contributed by atoms with Crippen molar-refractivity contribution in [2.75, 3.05) is 36.5 Å². The number of nitrogens with zero attached hydrogens (tertiary/aromatic N) is 5. The molecule has 2 aromatic heterocycles. The fourth-order valence-electron chi connectivity index (χ4n) is 4.61. The number of hydrogen-bond acceptors (Lipinski definition) is 9. The van der Waals surface area contributed by atoms with Gasteiger partial charge in [-0.05, 0) is 13.3 Å². The molecule has 2 saturated heterocycles. The predicted octanol–water partition coefficient (Wildman–Crippen LogP) is 1.66. The SMILES string of the molecule is C[C@@H](CO[C@@H]1CCN([C@H]2CCN(c3ncc(C(F)(F)F)cn3)C[C@H]2O)C1=O)Nc1cn[nH]c(=O)c1C(F)(F)F. The number of ether oxygens (including phenoxy) is 1. The third kappa shape index (κ3) is 6.41. The number of carbonyl (C=O) groups is 1. The molecule has 2 aromatic rings. The number of aromatic amines is 1. The molecule has 214 valence electrons. The Balaban J connectivity index is 1.30. The normalized spacial score (nSPS) is 23.3. The zero-order chi connectivity index (χ0) is 28.5. The van der Waals surface area contributed by atoms with Crippen LogP contribution >= 0.6 is 0 Å². The van der Waals surface area contributed by atoms with Crippen molar-refractivity contribution in [1.29, 1.82) is 0 Å². The Bertz CT molecular complexity index is 1220. The number of halogens is 6. The highest BCUT2D eigenvalue weighted by Crippen LogP contribution is 2.32. The molecule has 3 N–H and O–H groups in total. The molecule has 0 bridgehead atoms. The van der Waals surface area contributed by atoms with Crippen LogP contribution in [0.2, 0.25) is 0 Å². The summed E-state index contributed by atoms with van der Waals surface area (Å²) < 4.78 is 83.6. The third-order valence-electron chi connectivity index (χ3n) is 6.47. The molecule has 2 fully saturated rings. The van der Waals surface area contributed by atoms with Crippen molar-refractivity contribution < 1.29 is 41.0 Å². The standard InChI is InChI=1S/C22H25F6N7O4/c1-11(32-13-8-31-33-18(37)17(13)22(26,27)28)10-39-16-3-5-35(19(16)38)14-2-4-34(9-15(14)36)20-29-6-12(7-30-20)21(23,24)25/h6-8,11,14-16,36H,2-5,9-10H2,1H3,(H2,32,33,37)/t11-,14-,15+,16+/m0/s1. The summed E-state index contributed by atoms with van der Waals surface area (Å²) in [6, 6.07) is -1.28. The summed E-state index contributed by atoms with van der Waals surface area (Å²) in [5.74, 6) is -0.362. The van der Waals surface area contributed by atoms with E-state index in [1.807, 2.05) is 0 Å². The number of likely N-dealkylation sites (tertiary alicyclic amines) is 1. The molecular weight excluding hydrogens is 540 g/mol. The molecule has 4 rings (SSSR count). The maximum Gasteiger partial charge on any atom is 0.423 e. The van der Waals surface area contributed by atoms with Gasteiger partial charge in [-0.15, -0.1) is 0 Å². The number of aromatic nitrogens is 4. The second-order valence-corrected chi connectivity index (χ2v) is 9.31. The number of carbonyl (C=O) groups excluding carboxylic acids is 1. The number of aliphatic hydroxyl groups excluding tert-OH is 1. The number of β-amino-alcohol motifs (C(OH)–C–C–N with tert-alkyl or cyclic N) is 1. The van der Waals surface area contributed by atoms with E-state index in [0.717, 1.165) is 6.20 Å². The number of amides is 1. The predicted molar refractivity (Wildman–Crippen MR) is 123 cm³/mol. The maximum atomic E-state index is 13.2. The van der Waals surface area contributed by atoms with Crippen molar-refractivity contribution in [3.8, 4) is 0 Å². The number of anilines is 2. The molecule has 2 aliphatic heterocycles. The number of hydrogen-bond donors (Lipinski definition) is 3. The van der Waals surface area contributed by atoms with Gasteiger partial charge in [0.05, 0.1) is 36.2 Å². The smallest absolute Gasteiger partial charge is 0.389 e. The molecular formula is C22H25F6N7O4. The molecule has 0 saturated carbocycles. The van der Waals surface area contributed by atoms with Crippen molar-refractivity contribution >= 4 is 17.5 Å². The molecule has 0 unspecified atom stereocenters. The van der Waals surface area contributed by atoms with E-state index in [0.29, 0.717) is 25.2 Å². The van der Waals surface area contributed by atoms with Gasteiger partial charge >= 0.3 is 12.4 Å². The van der Waals surface area contributed by atoms with Gasteiger partial charge < -0.3 is 25.0 Å². The van der Waals surface area contributed by atoms with Crippen molar-refractivity contribution in [2.45, 2.75) is 56.4 Å². The number of piperidine rings is 1. The van der Waals surface area contributed by atoms with E-state index in [2.05, 4.69) is 20.4 Å². The second-order valence-electron chi connectivity index (χ2n) is 9.31. The zero-order valence-corrected chi connectivity index (χ0v) is 20.5. The van der Waals surface area contributed by atoms with E-state index in [-0.39, 0.29) is 38.1 Å². The van der Waals surface area contributed by atoms with Crippen LogP contribution in [0.4, 0.5) is 38.0 Å². The highest BCUT2D eigenvalue weighted by atomic mass is 19.4. The fraction of sp³-hybridized carbons (Fsp3) is 0.591. The lowest BCUT2D eigenvalue weighted by Crippen LogP contribution is -2.55. The van der Waals surface area contributed by atoms with Crippen LogP contribution in [0, 0.1) is 0 Å². The van der Waals surface area contributed by atoms with Crippen LogP contribution in [0.25, 0.3) is 0 Å². The van der Waals surface area contributed by atoms with Crippen molar-refractivity contribution in [2.24, 2.45) is 0 Å². The van der Waals surface area contributed by atoms with E-state index >= 15 is 0 Å². The summed E-state index contributed by atoms with van der Waals surface area (Å²) >= 11 is 0. The summed E-state index contributed by atoms with van der Waals surface area (Å²) in [5.41, 5.74) is -4.32. The quantitative estimate of drug-likeness (QED) is 0.428. The van der Waals surface area contributed by atoms with Gasteiger partial charge in [-0.2, -0.15) is 31.4 Å². The molecule has 17 heteroatoms. The van der Waals surface area contributed by atoms with Gasteiger partial charge in [-0.3, -0.25) is 9.59 Å². The first-order valence-electron chi connectivity index (χ1n) is 11.9. The number of alkyl halides is 6. The van der Waals surface area contributed by atoms with Crippen LogP contribution in [-0.2, 0) is 21.9 Å². The van der Waals surface area contributed by atoms with Gasteiger partial charge in [0.1, 0.15) is 11.7 Å². The minimum atomic E-state index is -4.91. The lowest BCUT2D eigenvalue weighted by atomic mass is 10.0. The second kappa shape index (κ2) is 11.0. The van der Waals surface area contributed by atoms with E-state index in [1.165, 1.54) is 16.7 Å². The molecule has 4 atom stereocenters. The van der Waals surface area contributed by atoms with Crippen molar-refractivity contribution in [3.05, 3.63) is 40.1 Å². The Hall–Kier alpha value is -3.47. The van der Waals surface area contributed by atoms with Gasteiger partial charge in [0, 0.05) is 44.5 Å². The van der Waals surface area contributed by atoms with Gasteiger partial charge in [-0.25, -0.2) is 15.1 Å². The lowest BCUT2D eigenvalue weighted by Gasteiger charge is -2.40. The first-order chi connectivity index (χ1) is 18.3. The summed E-state index contributed by atoms with van der Waals surface area (Å²) in [6.45, 7) is 1.93. The highest BCUT2D eigenvalue weighted by Gasteiger charge is 2.42. The molecule has 0 radical (unpaired) electrons. The first-order valence-corrected chi connectivity index (χ1v) is 11.9. The van der Waals surface area contributed by atoms with Crippen LogP contribution in [0.3, 0.4) is 0 Å². The average molecular weight is 565 g/mol. The molecule has 1 amide bonds. The Morgan fingerprint density at radius 2 is 1.79 bits per heavy atom. The minimum absolute atomic E-state index is 0.00191. The van der Waals surface area contributed by atoms with Crippen LogP contribution in [0.1, 0.15) is 30.9 Å². The summed E-state index contributed by atoms with van der Waals surface area (Å²) in [5, 5.41) is 18.4. The summed E-state index contributed by atoms with van der Waals surface area (Å²) in [6.07, 6.45) is -8.62. The highest BCUT2D eigenvalue weighted by molar-refractivity contribution is 5.83. The summed E-state index contributed by atoms with van der Waals surface area (Å²) in [4.78, 5) is 35.0. The molecule has 2 aliphatic rings. The van der Waals surface area contributed by atoms with Crippen LogP contribution in [0.5, 0.6) is 0 Å². The van der Waals surface area contributed by atoms with Gasteiger partial charge in [-0.1, -0.05) is 0 Å². The molecule has 4 heterocycles. The fourth-order valence-corrected chi connectivity index (χ4v) is 4.61. The topological polar surface area (TPSA) is 137 Å². The zero-order valence-electron chi connectivity index (χ0n) is 20.5. The van der Waals surface area contributed by atoms with Gasteiger partial charge in [0.25, 0.3) is 11.5 Å². The van der Waals surface area contributed by atoms with Crippen molar-refractivity contribution in [3.63, 3.8) is 0 Å².